The topological polar surface area (TPSA) is 58.6 Å². The highest BCUT2D eigenvalue weighted by molar-refractivity contribution is 6.30. The largest absolute Gasteiger partial charge is 0.449 e. The van der Waals surface area contributed by atoms with Crippen molar-refractivity contribution in [1.82, 2.24) is 5.32 Å². The van der Waals surface area contributed by atoms with Crippen molar-refractivity contribution in [2.24, 2.45) is 0 Å². The van der Waals surface area contributed by atoms with Crippen molar-refractivity contribution in [3.05, 3.63) is 94.5 Å². The van der Waals surface area contributed by atoms with Gasteiger partial charge in [-0.1, -0.05) is 72.3 Å². The molecule has 0 fully saturated rings. The molecule has 0 spiro atoms. The van der Waals surface area contributed by atoms with E-state index in [2.05, 4.69) is 29.6 Å². The number of benzene rings is 3. The fourth-order valence-corrected chi connectivity index (χ4v) is 3.84. The van der Waals surface area contributed by atoms with Gasteiger partial charge in [-0.3, -0.25) is 0 Å². The van der Waals surface area contributed by atoms with Crippen LogP contribution in [0.4, 0.5) is 4.79 Å². The fourth-order valence-electron chi connectivity index (χ4n) is 3.71. The second-order valence-corrected chi connectivity index (χ2v) is 7.19. The molecule has 28 heavy (non-hydrogen) atoms. The number of halogens is 1. The van der Waals surface area contributed by atoms with Crippen LogP contribution in [0.3, 0.4) is 0 Å². The summed E-state index contributed by atoms with van der Waals surface area (Å²) in [7, 11) is 0. The van der Waals surface area contributed by atoms with Crippen LogP contribution in [0, 0.1) is 0 Å². The molecule has 4 rings (SSSR count). The van der Waals surface area contributed by atoms with Gasteiger partial charge < -0.3 is 15.2 Å². The summed E-state index contributed by atoms with van der Waals surface area (Å²) in [5.74, 6) is 0.00117. The molecule has 142 valence electrons. The minimum Gasteiger partial charge on any atom is -0.449 e. The molecule has 1 aliphatic rings. The zero-order valence-corrected chi connectivity index (χ0v) is 15.9. The van der Waals surface area contributed by atoms with E-state index in [-0.39, 0.29) is 19.1 Å². The Morgan fingerprint density at radius 3 is 2.11 bits per heavy atom. The van der Waals surface area contributed by atoms with E-state index in [1.165, 1.54) is 11.1 Å². The highest BCUT2D eigenvalue weighted by atomic mass is 35.5. The number of nitrogens with one attached hydrogen (secondary N) is 1. The summed E-state index contributed by atoms with van der Waals surface area (Å²) < 4.78 is 5.53. The third-order valence-electron chi connectivity index (χ3n) is 5.09. The van der Waals surface area contributed by atoms with E-state index in [0.717, 1.165) is 16.7 Å². The lowest BCUT2D eigenvalue weighted by molar-refractivity contribution is 0.132. The number of alkyl carbamates (subject to hydrolysis) is 1. The van der Waals surface area contributed by atoms with E-state index in [1.54, 1.807) is 24.3 Å². The molecule has 5 heteroatoms. The van der Waals surface area contributed by atoms with Crippen LogP contribution in [-0.2, 0) is 4.74 Å². The summed E-state index contributed by atoms with van der Waals surface area (Å²) in [6.07, 6.45) is -0.559. The third-order valence-corrected chi connectivity index (χ3v) is 5.34. The number of aliphatic hydroxyl groups is 1. The average Bonchev–Trinajstić information content (AvgIpc) is 3.05. The first-order valence-corrected chi connectivity index (χ1v) is 9.53. The minimum absolute atomic E-state index is 0.00117. The van der Waals surface area contributed by atoms with Crippen LogP contribution >= 0.6 is 11.6 Å². The standard InChI is InChI=1S/C23H20ClNO3/c24-16-11-9-15(10-12-16)22(13-26)25-23(27)28-14-21-19-7-3-1-5-17(19)18-6-2-4-8-20(18)21/h1-12,21-22,26H,13-14H2,(H,25,27). The van der Waals surface area contributed by atoms with Gasteiger partial charge in [0.05, 0.1) is 12.6 Å². The Balaban J connectivity index is 1.45. The minimum atomic E-state index is -0.559. The number of rotatable bonds is 5. The number of carbonyl (C=O) groups is 1. The molecule has 1 aliphatic carbocycles. The van der Waals surface area contributed by atoms with Crippen molar-refractivity contribution in [2.75, 3.05) is 13.2 Å². The van der Waals surface area contributed by atoms with Crippen molar-refractivity contribution in [3.8, 4) is 11.1 Å². The molecule has 1 amide bonds. The predicted molar refractivity (Wildman–Crippen MR) is 109 cm³/mol. The molecule has 0 aromatic heterocycles. The second-order valence-electron chi connectivity index (χ2n) is 6.76. The molecule has 1 unspecified atom stereocenters. The molecule has 0 heterocycles. The second kappa shape index (κ2) is 8.05. The van der Waals surface area contributed by atoms with Crippen LogP contribution < -0.4 is 5.32 Å². The Hall–Kier alpha value is -2.82. The number of hydrogen-bond donors (Lipinski definition) is 2. The first-order valence-electron chi connectivity index (χ1n) is 9.15. The highest BCUT2D eigenvalue weighted by Crippen LogP contribution is 2.44. The van der Waals surface area contributed by atoms with Gasteiger partial charge in [0.2, 0.25) is 0 Å². The van der Waals surface area contributed by atoms with Crippen LogP contribution in [0.15, 0.2) is 72.8 Å². The molecule has 2 N–H and O–H groups in total. The van der Waals surface area contributed by atoms with E-state index in [0.29, 0.717) is 5.02 Å². The van der Waals surface area contributed by atoms with Crippen molar-refractivity contribution in [3.63, 3.8) is 0 Å². The Labute approximate surface area is 168 Å². The van der Waals surface area contributed by atoms with Gasteiger partial charge in [0.15, 0.2) is 0 Å². The summed E-state index contributed by atoms with van der Waals surface area (Å²) in [6, 6.07) is 22.8. The Morgan fingerprint density at radius 1 is 0.964 bits per heavy atom. The van der Waals surface area contributed by atoms with Crippen LogP contribution in [0.5, 0.6) is 0 Å². The number of ether oxygens (including phenoxy) is 1. The molecule has 1 atom stereocenters. The molecule has 0 bridgehead atoms. The number of aliphatic hydroxyl groups excluding tert-OH is 1. The number of carbonyl (C=O) groups excluding carboxylic acids is 1. The van der Waals surface area contributed by atoms with Gasteiger partial charge in [-0.2, -0.15) is 0 Å². The molecule has 3 aromatic rings. The van der Waals surface area contributed by atoms with Gasteiger partial charge in [0.1, 0.15) is 6.61 Å². The molecule has 3 aromatic carbocycles. The number of hydrogen-bond acceptors (Lipinski definition) is 3. The van der Waals surface area contributed by atoms with Gasteiger partial charge in [-0.05, 0) is 39.9 Å². The number of amides is 1. The summed E-state index contributed by atoms with van der Waals surface area (Å²) >= 11 is 5.90. The highest BCUT2D eigenvalue weighted by Gasteiger charge is 2.29. The monoisotopic (exact) mass is 393 g/mol. The third kappa shape index (κ3) is 3.61. The summed E-state index contributed by atoms with van der Waals surface area (Å²) in [4.78, 5) is 12.4. The maximum atomic E-state index is 12.4. The summed E-state index contributed by atoms with van der Waals surface area (Å²) in [5.41, 5.74) is 5.45. The van der Waals surface area contributed by atoms with E-state index < -0.39 is 12.1 Å². The first-order chi connectivity index (χ1) is 13.7. The van der Waals surface area contributed by atoms with Gasteiger partial charge in [-0.25, -0.2) is 4.79 Å². The Bertz CT molecular complexity index is 942. The lowest BCUT2D eigenvalue weighted by Gasteiger charge is -2.19. The maximum absolute atomic E-state index is 12.4. The molecular formula is C23H20ClNO3. The summed E-state index contributed by atoms with van der Waals surface area (Å²) in [5, 5.41) is 13.0. The van der Waals surface area contributed by atoms with Gasteiger partial charge in [0.25, 0.3) is 0 Å². The van der Waals surface area contributed by atoms with Crippen molar-refractivity contribution in [1.29, 1.82) is 0 Å². The smallest absolute Gasteiger partial charge is 0.407 e. The zero-order valence-electron chi connectivity index (χ0n) is 15.1. The van der Waals surface area contributed by atoms with Gasteiger partial charge >= 0.3 is 6.09 Å². The van der Waals surface area contributed by atoms with E-state index in [4.69, 9.17) is 16.3 Å². The van der Waals surface area contributed by atoms with Crippen LogP contribution in [0.25, 0.3) is 11.1 Å². The molecule has 4 nitrogen and oxygen atoms in total. The quantitative estimate of drug-likeness (QED) is 0.647. The lowest BCUT2D eigenvalue weighted by atomic mass is 9.98. The molecule has 0 radical (unpaired) electrons. The fraction of sp³-hybridized carbons (Fsp3) is 0.174. The zero-order chi connectivity index (χ0) is 19.5. The van der Waals surface area contributed by atoms with Crippen LogP contribution in [-0.4, -0.2) is 24.4 Å². The first kappa shape index (κ1) is 18.5. The van der Waals surface area contributed by atoms with E-state index >= 15 is 0 Å². The van der Waals surface area contributed by atoms with Gasteiger partial charge in [0, 0.05) is 10.9 Å². The SMILES string of the molecule is O=C(NC(CO)c1ccc(Cl)cc1)OCC1c2ccccc2-c2ccccc21. The molecule has 0 aliphatic heterocycles. The van der Waals surface area contributed by atoms with Crippen LogP contribution in [0.1, 0.15) is 28.7 Å². The van der Waals surface area contributed by atoms with Crippen molar-refractivity contribution < 1.29 is 14.6 Å². The summed E-state index contributed by atoms with van der Waals surface area (Å²) in [6.45, 7) is 0.00442. The molecular weight excluding hydrogens is 374 g/mol. The maximum Gasteiger partial charge on any atom is 0.407 e. The predicted octanol–water partition coefficient (Wildman–Crippen LogP) is 4.91. The average molecular weight is 394 g/mol. The van der Waals surface area contributed by atoms with Crippen molar-refractivity contribution in [2.45, 2.75) is 12.0 Å². The van der Waals surface area contributed by atoms with E-state index in [9.17, 15) is 9.90 Å². The van der Waals surface area contributed by atoms with E-state index in [1.807, 2.05) is 24.3 Å². The Kier molecular flexibility index (Phi) is 5.33. The molecule has 0 saturated heterocycles. The number of fused-ring (bicyclic) bond motifs is 3. The lowest BCUT2D eigenvalue weighted by Crippen LogP contribution is -2.32. The van der Waals surface area contributed by atoms with Gasteiger partial charge in [-0.15, -0.1) is 0 Å². The Morgan fingerprint density at radius 2 is 1.54 bits per heavy atom. The normalized spacial score (nSPS) is 13.5. The van der Waals surface area contributed by atoms with Crippen molar-refractivity contribution >= 4 is 17.7 Å². The molecule has 0 saturated carbocycles. The van der Waals surface area contributed by atoms with Crippen LogP contribution in [0.2, 0.25) is 5.02 Å².